The molecule has 116 valence electrons. The number of ether oxygens (including phenoxy) is 1. The lowest BCUT2D eigenvalue weighted by molar-refractivity contribution is 0.0450. The number of hydrogen-bond donors (Lipinski definition) is 1. The number of amides is 1. The van der Waals surface area contributed by atoms with Gasteiger partial charge in [0.1, 0.15) is 5.60 Å². The summed E-state index contributed by atoms with van der Waals surface area (Å²) in [4.78, 5) is 14.3. The highest BCUT2D eigenvalue weighted by atomic mass is 16.6. The molecule has 0 aliphatic carbocycles. The number of carbonyl (C=O) groups is 1. The van der Waals surface area contributed by atoms with Gasteiger partial charge in [0, 0.05) is 18.6 Å². The smallest absolute Gasteiger partial charge is 0.407 e. The van der Waals surface area contributed by atoms with Gasteiger partial charge in [-0.05, 0) is 54.0 Å². The molecule has 0 saturated carbocycles. The molecule has 1 N–H and O–H groups in total. The first-order valence-corrected chi connectivity index (χ1v) is 7.57. The fourth-order valence-corrected chi connectivity index (χ4v) is 2.72. The molecule has 0 aromatic carbocycles. The van der Waals surface area contributed by atoms with Crippen LogP contribution >= 0.6 is 0 Å². The Kier molecular flexibility index (Phi) is 6.06. The number of alkyl carbamates (subject to hydrolysis) is 1. The molecule has 0 spiro atoms. The van der Waals surface area contributed by atoms with Crippen LogP contribution in [0.2, 0.25) is 0 Å². The molecular weight excluding hydrogens is 252 g/mol. The predicted octanol–water partition coefficient (Wildman–Crippen LogP) is 3.33. The van der Waals surface area contributed by atoms with Crippen molar-refractivity contribution in [3.63, 3.8) is 0 Å². The van der Waals surface area contributed by atoms with Gasteiger partial charge in [-0.15, -0.1) is 0 Å². The van der Waals surface area contributed by atoms with E-state index < -0.39 is 5.60 Å². The number of nitrogens with one attached hydrogen (secondary N) is 1. The normalized spacial score (nSPS) is 22.1. The molecule has 20 heavy (non-hydrogen) atoms. The number of likely N-dealkylation sites (tertiary alicyclic amines) is 1. The monoisotopic (exact) mass is 282 g/mol. The molecule has 2 atom stereocenters. The molecule has 1 fully saturated rings. The van der Waals surface area contributed by atoms with Gasteiger partial charge < -0.3 is 10.1 Å². The second-order valence-electron chi connectivity index (χ2n) is 6.93. The third-order valence-corrected chi connectivity index (χ3v) is 3.46. The van der Waals surface area contributed by atoms with Crippen LogP contribution in [0.1, 0.15) is 53.9 Å². The first kappa shape index (κ1) is 17.0. The Morgan fingerprint density at radius 2 is 2.10 bits per heavy atom. The Labute approximate surface area is 123 Å². The largest absolute Gasteiger partial charge is 0.444 e. The van der Waals surface area contributed by atoms with Gasteiger partial charge >= 0.3 is 6.09 Å². The zero-order valence-electron chi connectivity index (χ0n) is 13.7. The van der Waals surface area contributed by atoms with E-state index in [0.29, 0.717) is 6.04 Å². The second kappa shape index (κ2) is 7.11. The molecule has 1 aliphatic heterocycles. The van der Waals surface area contributed by atoms with Crippen molar-refractivity contribution < 1.29 is 9.53 Å². The van der Waals surface area contributed by atoms with E-state index in [1.165, 1.54) is 18.4 Å². The Morgan fingerprint density at radius 1 is 1.45 bits per heavy atom. The van der Waals surface area contributed by atoms with Crippen molar-refractivity contribution in [2.45, 2.75) is 71.6 Å². The summed E-state index contributed by atoms with van der Waals surface area (Å²) in [5.74, 6) is 0. The molecule has 0 aromatic rings. The van der Waals surface area contributed by atoms with E-state index >= 15 is 0 Å². The van der Waals surface area contributed by atoms with Crippen LogP contribution in [-0.2, 0) is 4.74 Å². The van der Waals surface area contributed by atoms with Crippen molar-refractivity contribution in [1.29, 1.82) is 0 Å². The minimum atomic E-state index is -0.451. The van der Waals surface area contributed by atoms with E-state index in [0.717, 1.165) is 19.5 Å². The van der Waals surface area contributed by atoms with E-state index in [9.17, 15) is 4.79 Å². The summed E-state index contributed by atoms with van der Waals surface area (Å²) < 4.78 is 5.33. The summed E-state index contributed by atoms with van der Waals surface area (Å²) in [6.07, 6.45) is 3.23. The number of carbonyl (C=O) groups excluding carboxylic acids is 1. The average molecular weight is 282 g/mol. The van der Waals surface area contributed by atoms with Crippen molar-refractivity contribution in [1.82, 2.24) is 10.2 Å². The van der Waals surface area contributed by atoms with Crippen molar-refractivity contribution in [3.05, 3.63) is 12.2 Å². The van der Waals surface area contributed by atoms with Crippen molar-refractivity contribution in [2.24, 2.45) is 0 Å². The molecule has 0 aromatic heterocycles. The van der Waals surface area contributed by atoms with Crippen LogP contribution in [0.25, 0.3) is 0 Å². The number of nitrogens with zero attached hydrogens (tertiary/aromatic N) is 1. The molecule has 0 unspecified atom stereocenters. The predicted molar refractivity (Wildman–Crippen MR) is 82.9 cm³/mol. The third-order valence-electron chi connectivity index (χ3n) is 3.46. The van der Waals surface area contributed by atoms with E-state index in [-0.39, 0.29) is 12.1 Å². The third kappa shape index (κ3) is 5.95. The molecule has 4 nitrogen and oxygen atoms in total. The average Bonchev–Trinajstić information content (AvgIpc) is 2.25. The Morgan fingerprint density at radius 3 is 2.65 bits per heavy atom. The van der Waals surface area contributed by atoms with Gasteiger partial charge in [-0.2, -0.15) is 0 Å². The van der Waals surface area contributed by atoms with E-state index in [1.54, 1.807) is 0 Å². The standard InChI is InChI=1S/C16H30N2O2/c1-12(2)11-18-10-8-7-9-14(18)13(3)17-15(19)20-16(4,5)6/h13-14H,1,7-11H2,2-6H3,(H,17,19)/t13-,14-/m1/s1. The molecule has 1 rings (SSSR count). The lowest BCUT2D eigenvalue weighted by atomic mass is 9.96. The topological polar surface area (TPSA) is 41.6 Å². The minimum Gasteiger partial charge on any atom is -0.444 e. The van der Waals surface area contributed by atoms with Gasteiger partial charge in [0.25, 0.3) is 0 Å². The SMILES string of the molecule is C=C(C)CN1CCCC[C@@H]1[C@@H](C)NC(=O)OC(C)(C)C. The van der Waals surface area contributed by atoms with Crippen LogP contribution in [0, 0.1) is 0 Å². The van der Waals surface area contributed by atoms with E-state index in [2.05, 4.69) is 30.6 Å². The molecule has 1 amide bonds. The summed E-state index contributed by atoms with van der Waals surface area (Å²) in [6, 6.07) is 0.456. The van der Waals surface area contributed by atoms with Gasteiger partial charge in [-0.25, -0.2) is 4.79 Å². The molecule has 1 heterocycles. The fourth-order valence-electron chi connectivity index (χ4n) is 2.72. The summed E-state index contributed by atoms with van der Waals surface area (Å²) >= 11 is 0. The molecule has 1 saturated heterocycles. The highest BCUT2D eigenvalue weighted by Gasteiger charge is 2.29. The van der Waals surface area contributed by atoms with Gasteiger partial charge in [0.15, 0.2) is 0 Å². The van der Waals surface area contributed by atoms with Gasteiger partial charge in [-0.1, -0.05) is 18.6 Å². The first-order valence-electron chi connectivity index (χ1n) is 7.57. The van der Waals surface area contributed by atoms with Gasteiger partial charge in [-0.3, -0.25) is 4.90 Å². The van der Waals surface area contributed by atoms with Crippen LogP contribution in [-0.4, -0.2) is 41.8 Å². The summed E-state index contributed by atoms with van der Waals surface area (Å²) in [5.41, 5.74) is 0.717. The maximum absolute atomic E-state index is 11.9. The summed E-state index contributed by atoms with van der Waals surface area (Å²) in [6.45, 7) is 15.7. The Bertz CT molecular complexity index is 347. The van der Waals surface area contributed by atoms with Crippen LogP contribution in [0.15, 0.2) is 12.2 Å². The maximum Gasteiger partial charge on any atom is 0.407 e. The Balaban J connectivity index is 2.56. The summed E-state index contributed by atoms with van der Waals surface area (Å²) in [5, 5.41) is 2.98. The molecule has 4 heteroatoms. The highest BCUT2D eigenvalue weighted by molar-refractivity contribution is 5.68. The number of piperidine rings is 1. The summed E-state index contributed by atoms with van der Waals surface area (Å²) in [7, 11) is 0. The lowest BCUT2D eigenvalue weighted by Crippen LogP contribution is -2.53. The van der Waals surface area contributed by atoms with Crippen LogP contribution in [0.3, 0.4) is 0 Å². The highest BCUT2D eigenvalue weighted by Crippen LogP contribution is 2.21. The Hall–Kier alpha value is -1.03. The second-order valence-corrected chi connectivity index (χ2v) is 6.93. The van der Waals surface area contributed by atoms with Crippen molar-refractivity contribution in [3.8, 4) is 0 Å². The molecule has 0 radical (unpaired) electrons. The minimum absolute atomic E-state index is 0.0875. The zero-order chi connectivity index (χ0) is 15.3. The fraction of sp³-hybridized carbons (Fsp3) is 0.812. The molecule has 1 aliphatic rings. The van der Waals surface area contributed by atoms with E-state index in [1.807, 2.05) is 20.8 Å². The van der Waals surface area contributed by atoms with E-state index in [4.69, 9.17) is 4.74 Å². The zero-order valence-corrected chi connectivity index (χ0v) is 13.7. The number of hydrogen-bond acceptors (Lipinski definition) is 3. The van der Waals surface area contributed by atoms with Crippen molar-refractivity contribution >= 4 is 6.09 Å². The van der Waals surface area contributed by atoms with Crippen LogP contribution < -0.4 is 5.32 Å². The maximum atomic E-state index is 11.9. The van der Waals surface area contributed by atoms with Crippen LogP contribution in [0.5, 0.6) is 0 Å². The number of rotatable bonds is 4. The molecular formula is C16H30N2O2. The van der Waals surface area contributed by atoms with Gasteiger partial charge in [0.05, 0.1) is 0 Å². The van der Waals surface area contributed by atoms with Crippen LogP contribution in [0.4, 0.5) is 4.79 Å². The van der Waals surface area contributed by atoms with Crippen molar-refractivity contribution in [2.75, 3.05) is 13.1 Å². The molecule has 0 bridgehead atoms. The van der Waals surface area contributed by atoms with Gasteiger partial charge in [0.2, 0.25) is 0 Å². The quantitative estimate of drug-likeness (QED) is 0.804. The first-order chi connectivity index (χ1) is 9.19. The lowest BCUT2D eigenvalue weighted by Gasteiger charge is -2.39.